The maximum Gasteiger partial charge on any atom is 0.244 e. The summed E-state index contributed by atoms with van der Waals surface area (Å²) >= 11 is 0. The number of rotatable bonds is 9. The van der Waals surface area contributed by atoms with Crippen molar-refractivity contribution in [3.05, 3.63) is 36.4 Å². The Kier molecular flexibility index (Phi) is 7.26. The first-order valence-electron chi connectivity index (χ1n) is 11.9. The highest BCUT2D eigenvalue weighted by Crippen LogP contribution is 2.44. The van der Waals surface area contributed by atoms with Gasteiger partial charge in [-0.3, -0.25) is 14.4 Å². The van der Waals surface area contributed by atoms with Crippen LogP contribution in [0.25, 0.3) is 11.0 Å². The highest BCUT2D eigenvalue weighted by atomic mass is 16.3. The van der Waals surface area contributed by atoms with Crippen LogP contribution >= 0.6 is 0 Å². The molecule has 3 N–H and O–H groups in total. The summed E-state index contributed by atoms with van der Waals surface area (Å²) in [5.41, 5.74) is 1.53. The largest absolute Gasteiger partial charge is 0.396 e. The van der Waals surface area contributed by atoms with Gasteiger partial charge in [-0.25, -0.2) is 4.68 Å². The predicted molar refractivity (Wildman–Crippen MR) is 125 cm³/mol. The van der Waals surface area contributed by atoms with E-state index in [9.17, 15) is 19.5 Å². The molecule has 4 rings (SSSR count). The van der Waals surface area contributed by atoms with Crippen molar-refractivity contribution in [2.75, 3.05) is 20.2 Å². The molecule has 1 aliphatic carbocycles. The van der Waals surface area contributed by atoms with Crippen LogP contribution in [0.2, 0.25) is 0 Å². The van der Waals surface area contributed by atoms with Crippen LogP contribution in [0.5, 0.6) is 0 Å². The molecule has 2 heterocycles. The number of fused-ring (bicyclic) bond motifs is 2. The summed E-state index contributed by atoms with van der Waals surface area (Å²) in [6, 6.07) is 6.74. The molecule has 2 aromatic rings. The van der Waals surface area contributed by atoms with Gasteiger partial charge in [-0.05, 0) is 37.3 Å². The molecular formula is C24H32N6O4. The maximum atomic E-state index is 13.6. The Balaban J connectivity index is 1.60. The Morgan fingerprint density at radius 2 is 1.94 bits per heavy atom. The number of amides is 3. The molecule has 1 aromatic heterocycles. The highest BCUT2D eigenvalue weighted by Gasteiger charge is 2.56. The van der Waals surface area contributed by atoms with E-state index >= 15 is 0 Å². The molecule has 10 heteroatoms. The van der Waals surface area contributed by atoms with Crippen LogP contribution in [0.4, 0.5) is 0 Å². The number of para-hydroxylation sites is 1. The smallest absolute Gasteiger partial charge is 0.244 e. The minimum absolute atomic E-state index is 0.0177. The molecule has 2 aliphatic rings. The lowest BCUT2D eigenvalue weighted by Gasteiger charge is -2.33. The SMILES string of the molecule is CC[C@@H]1C=C[C@H]2[C@@H](C(=O)N(CCCCO)[C@@H]2C(=O)NCn2nnc3ccccc32)[C@@H]1C(=O)NC. The zero-order valence-electron chi connectivity index (χ0n) is 19.6. The second-order valence-corrected chi connectivity index (χ2v) is 8.88. The van der Waals surface area contributed by atoms with E-state index in [-0.39, 0.29) is 36.9 Å². The molecule has 10 nitrogen and oxygen atoms in total. The van der Waals surface area contributed by atoms with E-state index in [1.165, 1.54) is 0 Å². The molecule has 1 aliphatic heterocycles. The Morgan fingerprint density at radius 1 is 1.15 bits per heavy atom. The summed E-state index contributed by atoms with van der Waals surface area (Å²) in [7, 11) is 1.58. The summed E-state index contributed by atoms with van der Waals surface area (Å²) in [6.07, 6.45) is 5.76. The molecule has 0 bridgehead atoms. The molecule has 3 amide bonds. The van der Waals surface area contributed by atoms with Crippen molar-refractivity contribution in [1.29, 1.82) is 0 Å². The summed E-state index contributed by atoms with van der Waals surface area (Å²) in [6.45, 7) is 2.48. The Morgan fingerprint density at radius 3 is 2.68 bits per heavy atom. The number of unbranched alkanes of at least 4 members (excludes halogenated alkanes) is 1. The van der Waals surface area contributed by atoms with Crippen molar-refractivity contribution >= 4 is 28.8 Å². The summed E-state index contributed by atoms with van der Waals surface area (Å²) in [5.74, 6) is -2.22. The lowest BCUT2D eigenvalue weighted by atomic mass is 9.69. The third kappa shape index (κ3) is 4.29. The number of aliphatic hydroxyl groups excluding tert-OH is 1. The van der Waals surface area contributed by atoms with Gasteiger partial charge in [0.1, 0.15) is 18.2 Å². The highest BCUT2D eigenvalue weighted by molar-refractivity contribution is 5.96. The molecule has 0 saturated carbocycles. The number of hydrogen-bond acceptors (Lipinski definition) is 6. The first-order valence-corrected chi connectivity index (χ1v) is 11.9. The quantitative estimate of drug-likeness (QED) is 0.367. The van der Waals surface area contributed by atoms with E-state index in [0.29, 0.717) is 19.4 Å². The van der Waals surface area contributed by atoms with Crippen LogP contribution in [-0.4, -0.2) is 69.0 Å². The number of aromatic nitrogens is 3. The molecule has 0 unspecified atom stereocenters. The minimum atomic E-state index is -0.729. The topological polar surface area (TPSA) is 129 Å². The Hall–Kier alpha value is -3.27. The van der Waals surface area contributed by atoms with Gasteiger partial charge in [0.15, 0.2) is 0 Å². The van der Waals surface area contributed by atoms with E-state index in [1.807, 2.05) is 43.3 Å². The molecule has 1 aromatic carbocycles. The first-order chi connectivity index (χ1) is 16.5. The molecule has 182 valence electrons. The van der Waals surface area contributed by atoms with Gasteiger partial charge in [-0.15, -0.1) is 5.10 Å². The standard InChI is InChI=1S/C24H32N6O4/c1-3-15-10-11-16-20(19(15)22(32)25-2)24(34)29(12-6-7-13-31)21(16)23(33)26-14-30-18-9-5-4-8-17(18)27-28-30/h4-5,8-11,15-16,19-21,31H,3,6-7,12-14H2,1-2H3,(H,25,32)(H,26,33)/t15-,16+,19-,20-,21+/m1/s1. The third-order valence-electron chi connectivity index (χ3n) is 7.03. The normalized spacial score (nSPS) is 26.0. The number of aliphatic hydroxyl groups is 1. The zero-order valence-corrected chi connectivity index (χ0v) is 19.6. The fourth-order valence-electron chi connectivity index (χ4n) is 5.34. The van der Waals surface area contributed by atoms with Crippen LogP contribution in [0.3, 0.4) is 0 Å². The van der Waals surface area contributed by atoms with Gasteiger partial charge in [-0.1, -0.05) is 36.4 Å². The monoisotopic (exact) mass is 468 g/mol. The average Bonchev–Trinajstić information content (AvgIpc) is 3.40. The van der Waals surface area contributed by atoms with Gasteiger partial charge in [0.25, 0.3) is 0 Å². The van der Waals surface area contributed by atoms with E-state index in [1.54, 1.807) is 16.6 Å². The number of hydrogen-bond donors (Lipinski definition) is 3. The van der Waals surface area contributed by atoms with E-state index in [2.05, 4.69) is 20.9 Å². The predicted octanol–water partition coefficient (Wildman–Crippen LogP) is 0.679. The third-order valence-corrected chi connectivity index (χ3v) is 7.03. The van der Waals surface area contributed by atoms with Crippen LogP contribution in [0, 0.1) is 23.7 Å². The molecule has 1 saturated heterocycles. The lowest BCUT2D eigenvalue weighted by molar-refractivity contribution is -0.141. The Bertz CT molecular complexity index is 1080. The van der Waals surface area contributed by atoms with Gasteiger partial charge in [0.2, 0.25) is 17.7 Å². The fourth-order valence-corrected chi connectivity index (χ4v) is 5.34. The second kappa shape index (κ2) is 10.3. The number of carbonyl (C=O) groups excluding carboxylic acids is 3. The average molecular weight is 469 g/mol. The molecule has 5 atom stereocenters. The van der Waals surface area contributed by atoms with Crippen LogP contribution in [-0.2, 0) is 21.1 Å². The van der Waals surface area contributed by atoms with Crippen LogP contribution in [0.15, 0.2) is 36.4 Å². The van der Waals surface area contributed by atoms with Crippen LogP contribution < -0.4 is 10.6 Å². The molecular weight excluding hydrogens is 436 g/mol. The molecule has 0 spiro atoms. The van der Waals surface area contributed by atoms with Crippen molar-refractivity contribution in [1.82, 2.24) is 30.5 Å². The Labute approximate surface area is 198 Å². The van der Waals surface area contributed by atoms with Crippen molar-refractivity contribution in [3.8, 4) is 0 Å². The number of benzene rings is 1. The lowest BCUT2D eigenvalue weighted by Crippen LogP contribution is -2.48. The number of allylic oxidation sites excluding steroid dienone is 1. The van der Waals surface area contributed by atoms with Crippen molar-refractivity contribution < 1.29 is 19.5 Å². The molecule has 1 fully saturated rings. The van der Waals surface area contributed by atoms with Crippen molar-refractivity contribution in [3.63, 3.8) is 0 Å². The van der Waals surface area contributed by atoms with Crippen molar-refractivity contribution in [2.24, 2.45) is 23.7 Å². The summed E-state index contributed by atoms with van der Waals surface area (Å²) < 4.78 is 1.61. The van der Waals surface area contributed by atoms with Gasteiger partial charge >= 0.3 is 0 Å². The number of nitrogens with zero attached hydrogens (tertiary/aromatic N) is 4. The van der Waals surface area contributed by atoms with Gasteiger partial charge in [-0.2, -0.15) is 0 Å². The zero-order chi connectivity index (χ0) is 24.2. The number of nitrogens with one attached hydrogen (secondary N) is 2. The fraction of sp³-hybridized carbons (Fsp3) is 0.542. The van der Waals surface area contributed by atoms with Crippen LogP contribution in [0.1, 0.15) is 26.2 Å². The van der Waals surface area contributed by atoms with E-state index in [0.717, 1.165) is 17.5 Å². The summed E-state index contributed by atoms with van der Waals surface area (Å²) in [5, 5.41) is 23.1. The van der Waals surface area contributed by atoms with Gasteiger partial charge in [0, 0.05) is 26.1 Å². The van der Waals surface area contributed by atoms with E-state index in [4.69, 9.17) is 0 Å². The van der Waals surface area contributed by atoms with Gasteiger partial charge in [0.05, 0.1) is 17.4 Å². The van der Waals surface area contributed by atoms with Crippen molar-refractivity contribution in [2.45, 2.75) is 38.9 Å². The molecule has 0 radical (unpaired) electrons. The van der Waals surface area contributed by atoms with Gasteiger partial charge < -0.3 is 20.6 Å². The maximum absolute atomic E-state index is 13.6. The van der Waals surface area contributed by atoms with E-state index < -0.39 is 23.8 Å². The molecule has 34 heavy (non-hydrogen) atoms. The number of likely N-dealkylation sites (tertiary alicyclic amines) is 1. The summed E-state index contributed by atoms with van der Waals surface area (Å²) in [4.78, 5) is 41.5. The number of carbonyl (C=O) groups is 3. The minimum Gasteiger partial charge on any atom is -0.396 e. The second-order valence-electron chi connectivity index (χ2n) is 8.88. The first kappa shape index (κ1) is 23.9.